The molecule has 1 amide bonds. The number of carbonyl (C=O) groups is 2. The van der Waals surface area contributed by atoms with Crippen LogP contribution in [0, 0.1) is 0 Å². The Kier molecular flexibility index (Phi) is 5.39. The summed E-state index contributed by atoms with van der Waals surface area (Å²) in [6.07, 6.45) is 0. The van der Waals surface area contributed by atoms with E-state index >= 15 is 0 Å². The zero-order valence-electron chi connectivity index (χ0n) is 16.0. The Morgan fingerprint density at radius 1 is 1.20 bits per heavy atom. The van der Waals surface area contributed by atoms with Crippen LogP contribution in [0.1, 0.15) is 0 Å². The van der Waals surface area contributed by atoms with Gasteiger partial charge in [0, 0.05) is 17.3 Å². The van der Waals surface area contributed by atoms with Gasteiger partial charge in [-0.3, -0.25) is 4.79 Å². The van der Waals surface area contributed by atoms with E-state index in [1.807, 2.05) is 0 Å². The highest BCUT2D eigenvalue weighted by molar-refractivity contribution is 6.30. The second kappa shape index (κ2) is 8.13. The Balaban J connectivity index is 1.64. The first-order valence-electron chi connectivity index (χ1n) is 9.12. The molecular weight excluding hydrogens is 410 g/mol. The molecule has 154 valence electrons. The quantitative estimate of drug-likeness (QED) is 0.576. The molecule has 0 aliphatic carbocycles. The number of amides is 1. The highest BCUT2D eigenvalue weighted by Gasteiger charge is 2.34. The lowest BCUT2D eigenvalue weighted by molar-refractivity contribution is -0.136. The van der Waals surface area contributed by atoms with Gasteiger partial charge in [-0.15, -0.1) is 10.2 Å². The number of benzene rings is 2. The second-order valence-corrected chi connectivity index (χ2v) is 7.03. The van der Waals surface area contributed by atoms with Crippen molar-refractivity contribution in [3.05, 3.63) is 58.8 Å². The van der Waals surface area contributed by atoms with Crippen LogP contribution in [-0.4, -0.2) is 63.7 Å². The van der Waals surface area contributed by atoms with Crippen molar-refractivity contribution in [3.8, 4) is 5.69 Å². The number of aliphatic hydroxyl groups is 1. The van der Waals surface area contributed by atoms with Crippen LogP contribution in [0.3, 0.4) is 0 Å². The van der Waals surface area contributed by atoms with Gasteiger partial charge in [0.25, 0.3) is 5.91 Å². The van der Waals surface area contributed by atoms with Crippen LogP contribution in [0.5, 0.6) is 0 Å². The summed E-state index contributed by atoms with van der Waals surface area (Å²) >= 11 is 5.93. The fourth-order valence-corrected chi connectivity index (χ4v) is 3.30. The van der Waals surface area contributed by atoms with Crippen LogP contribution < -0.4 is 5.32 Å². The number of fused-ring (bicyclic) bond motifs is 1. The molecule has 4 rings (SSSR count). The number of anilines is 1. The minimum atomic E-state index is -0.596. The first-order valence-corrected chi connectivity index (χ1v) is 9.49. The number of hydrogen-bond donors (Lipinski definition) is 2. The Morgan fingerprint density at radius 2 is 1.93 bits per heavy atom. The van der Waals surface area contributed by atoms with Gasteiger partial charge in [0.1, 0.15) is 16.7 Å². The number of nitrogens with one attached hydrogen (secondary N) is 1. The number of ether oxygens (including phenoxy) is 1. The maximum absolute atomic E-state index is 12.7. The predicted molar refractivity (Wildman–Crippen MR) is 110 cm³/mol. The van der Waals surface area contributed by atoms with Crippen LogP contribution in [0.2, 0.25) is 5.02 Å². The third kappa shape index (κ3) is 3.72. The van der Waals surface area contributed by atoms with Crippen molar-refractivity contribution in [1.82, 2.24) is 19.9 Å². The molecule has 1 aliphatic rings. The molecule has 0 spiro atoms. The fourth-order valence-electron chi connectivity index (χ4n) is 3.18. The molecule has 0 saturated carbocycles. The van der Waals surface area contributed by atoms with Crippen LogP contribution >= 0.6 is 11.6 Å². The van der Waals surface area contributed by atoms with Crippen LogP contribution in [0.4, 0.5) is 5.69 Å². The molecule has 2 heterocycles. The molecule has 0 fully saturated rings. The van der Waals surface area contributed by atoms with E-state index in [4.69, 9.17) is 21.4 Å². The zero-order valence-corrected chi connectivity index (χ0v) is 16.8. The fraction of sp³-hybridized carbons (Fsp3) is 0.200. The predicted octanol–water partition coefficient (Wildman–Crippen LogP) is 1.75. The zero-order chi connectivity index (χ0) is 21.3. The molecule has 0 bridgehead atoms. The molecule has 0 saturated heterocycles. The van der Waals surface area contributed by atoms with Crippen molar-refractivity contribution in [1.29, 1.82) is 0 Å². The topological polar surface area (TPSA) is 110 Å². The number of aromatic nitrogens is 3. The Labute approximate surface area is 176 Å². The number of hydrogen-bond acceptors (Lipinski definition) is 7. The first-order chi connectivity index (χ1) is 14.5. The summed E-state index contributed by atoms with van der Waals surface area (Å²) in [5.74, 6) is -0.976. The van der Waals surface area contributed by atoms with Gasteiger partial charge in [-0.05, 0) is 42.5 Å². The molecule has 2 aromatic carbocycles. The SMILES string of the molecule is COC(=O)C1=C(Nc2ccc3nn(-c4ccc(Cl)cc4)nc3c2)C(=O)N(CCO)C1. The molecule has 10 heteroatoms. The minimum Gasteiger partial charge on any atom is -0.466 e. The average Bonchev–Trinajstić information content (AvgIpc) is 3.30. The summed E-state index contributed by atoms with van der Waals surface area (Å²) in [5, 5.41) is 21.7. The van der Waals surface area contributed by atoms with Gasteiger partial charge in [0.05, 0.1) is 31.5 Å². The van der Waals surface area contributed by atoms with Crippen molar-refractivity contribution >= 4 is 40.2 Å². The molecular formula is C20H18ClN5O4. The van der Waals surface area contributed by atoms with Crippen LogP contribution in [0.15, 0.2) is 53.7 Å². The van der Waals surface area contributed by atoms with E-state index in [9.17, 15) is 9.59 Å². The van der Waals surface area contributed by atoms with E-state index in [1.54, 1.807) is 42.5 Å². The van der Waals surface area contributed by atoms with E-state index in [0.717, 1.165) is 5.69 Å². The molecule has 0 unspecified atom stereocenters. The maximum atomic E-state index is 12.7. The van der Waals surface area contributed by atoms with Crippen molar-refractivity contribution in [2.24, 2.45) is 0 Å². The first kappa shape index (κ1) is 19.9. The summed E-state index contributed by atoms with van der Waals surface area (Å²) in [7, 11) is 1.26. The molecule has 1 aromatic heterocycles. The smallest absolute Gasteiger partial charge is 0.337 e. The summed E-state index contributed by atoms with van der Waals surface area (Å²) in [4.78, 5) is 27.6. The van der Waals surface area contributed by atoms with Crippen LogP contribution in [0.25, 0.3) is 16.7 Å². The summed E-state index contributed by atoms with van der Waals surface area (Å²) in [6, 6.07) is 12.4. The third-order valence-electron chi connectivity index (χ3n) is 4.66. The Hall–Kier alpha value is -3.43. The number of β-amino-alcohol motifs (C(OH)–C–C–N with tert-alkyl or cyclic N) is 1. The van der Waals surface area contributed by atoms with Gasteiger partial charge >= 0.3 is 5.97 Å². The van der Waals surface area contributed by atoms with Gasteiger partial charge in [-0.1, -0.05) is 11.6 Å². The highest BCUT2D eigenvalue weighted by atomic mass is 35.5. The van der Waals surface area contributed by atoms with Gasteiger partial charge in [0.15, 0.2) is 0 Å². The largest absolute Gasteiger partial charge is 0.466 e. The lowest BCUT2D eigenvalue weighted by atomic mass is 10.2. The van der Waals surface area contributed by atoms with Gasteiger partial charge in [-0.25, -0.2) is 4.79 Å². The third-order valence-corrected chi connectivity index (χ3v) is 4.91. The molecule has 3 aromatic rings. The number of carbonyl (C=O) groups excluding carboxylic acids is 2. The van der Waals surface area contributed by atoms with Crippen LogP contribution in [-0.2, 0) is 14.3 Å². The van der Waals surface area contributed by atoms with E-state index in [1.165, 1.54) is 16.8 Å². The average molecular weight is 428 g/mol. The van der Waals surface area contributed by atoms with Crippen molar-refractivity contribution < 1.29 is 19.4 Å². The van der Waals surface area contributed by atoms with Gasteiger partial charge in [-0.2, -0.15) is 4.80 Å². The molecule has 0 atom stereocenters. The van der Waals surface area contributed by atoms with Gasteiger partial charge < -0.3 is 20.1 Å². The second-order valence-electron chi connectivity index (χ2n) is 6.59. The number of rotatable bonds is 6. The molecule has 30 heavy (non-hydrogen) atoms. The van der Waals surface area contributed by atoms with E-state index in [2.05, 4.69) is 15.5 Å². The molecule has 0 radical (unpaired) electrons. The standard InChI is InChI=1S/C20H18ClN5O4/c1-30-20(29)15-11-25(8-9-27)19(28)18(15)22-13-4-7-16-17(10-13)24-26(23-16)14-5-2-12(21)3-6-14/h2-7,10,22,27H,8-9,11H2,1H3. The summed E-state index contributed by atoms with van der Waals surface area (Å²) < 4.78 is 4.79. The van der Waals surface area contributed by atoms with Crippen molar-refractivity contribution in [3.63, 3.8) is 0 Å². The monoisotopic (exact) mass is 427 g/mol. The normalized spacial score (nSPS) is 14.0. The lowest BCUT2D eigenvalue weighted by Crippen LogP contribution is -2.31. The number of halogens is 1. The van der Waals surface area contributed by atoms with E-state index < -0.39 is 5.97 Å². The number of nitrogens with zero attached hydrogens (tertiary/aromatic N) is 4. The van der Waals surface area contributed by atoms with Crippen molar-refractivity contribution in [2.75, 3.05) is 32.1 Å². The maximum Gasteiger partial charge on any atom is 0.337 e. The van der Waals surface area contributed by atoms with Gasteiger partial charge in [0.2, 0.25) is 0 Å². The van der Waals surface area contributed by atoms with E-state index in [-0.39, 0.29) is 36.9 Å². The number of aliphatic hydroxyl groups excluding tert-OH is 1. The number of esters is 1. The summed E-state index contributed by atoms with van der Waals surface area (Å²) in [5.41, 5.74) is 2.93. The Bertz CT molecular complexity index is 1160. The summed E-state index contributed by atoms with van der Waals surface area (Å²) in [6.45, 7) is -0.00438. The van der Waals surface area contributed by atoms with Crippen molar-refractivity contribution in [2.45, 2.75) is 0 Å². The lowest BCUT2D eigenvalue weighted by Gasteiger charge is -2.14. The minimum absolute atomic E-state index is 0.0728. The Morgan fingerprint density at radius 3 is 2.63 bits per heavy atom. The molecule has 2 N–H and O–H groups in total. The highest BCUT2D eigenvalue weighted by Crippen LogP contribution is 2.25. The molecule has 9 nitrogen and oxygen atoms in total. The van der Waals surface area contributed by atoms with E-state index in [0.29, 0.717) is 21.7 Å². The number of methoxy groups -OCH3 is 1. The molecule has 1 aliphatic heterocycles.